The summed E-state index contributed by atoms with van der Waals surface area (Å²) in [4.78, 5) is 13.5. The monoisotopic (exact) mass is 407 g/mol. The van der Waals surface area contributed by atoms with Gasteiger partial charge in [0.1, 0.15) is 11.8 Å². The number of nitriles is 1. The molecule has 0 bridgehead atoms. The van der Waals surface area contributed by atoms with Crippen LogP contribution in [-0.4, -0.2) is 36.9 Å². The summed E-state index contributed by atoms with van der Waals surface area (Å²) in [5.41, 5.74) is 0.624. The van der Waals surface area contributed by atoms with Crippen LogP contribution in [0.15, 0.2) is 53.4 Å². The van der Waals surface area contributed by atoms with Crippen LogP contribution in [0.1, 0.15) is 12.5 Å². The highest BCUT2D eigenvalue weighted by atomic mass is 35.5. The maximum atomic E-state index is 12.7. The Morgan fingerprint density at radius 1 is 1.22 bits per heavy atom. The average Bonchev–Trinajstić information content (AvgIpc) is 2.64. The van der Waals surface area contributed by atoms with E-state index in [4.69, 9.17) is 16.9 Å². The Kier molecular flexibility index (Phi) is 6.80. The summed E-state index contributed by atoms with van der Waals surface area (Å²) in [5, 5.41) is 18.9. The van der Waals surface area contributed by atoms with Gasteiger partial charge in [-0.1, -0.05) is 23.7 Å². The molecule has 27 heavy (non-hydrogen) atoms. The number of halogens is 1. The first-order valence-corrected chi connectivity index (χ1v) is 9.90. The van der Waals surface area contributed by atoms with E-state index < -0.39 is 22.0 Å². The van der Waals surface area contributed by atoms with Crippen molar-refractivity contribution in [2.24, 2.45) is 0 Å². The van der Waals surface area contributed by atoms with Gasteiger partial charge in [-0.05, 0) is 55.3 Å². The molecule has 7 nitrogen and oxygen atoms in total. The molecule has 9 heteroatoms. The molecule has 0 aromatic heterocycles. The number of phenolic OH excluding ortho intramolecular Hbond substituents is 1. The van der Waals surface area contributed by atoms with Crippen LogP contribution in [0.3, 0.4) is 0 Å². The number of aromatic hydroxyl groups is 1. The first kappa shape index (κ1) is 20.7. The van der Waals surface area contributed by atoms with Gasteiger partial charge >= 0.3 is 0 Å². The van der Waals surface area contributed by atoms with Gasteiger partial charge in [-0.15, -0.1) is 0 Å². The van der Waals surface area contributed by atoms with E-state index in [1.54, 1.807) is 25.2 Å². The van der Waals surface area contributed by atoms with Gasteiger partial charge < -0.3 is 5.11 Å². The SMILES string of the molecule is CCN(C#N)C(=O)C(Cc1ccc(O)cc1)NS(=O)(=O)c1ccc(Cl)cc1. The lowest BCUT2D eigenvalue weighted by molar-refractivity contribution is -0.129. The van der Waals surface area contributed by atoms with Crippen LogP contribution in [0.2, 0.25) is 5.02 Å². The molecule has 0 fully saturated rings. The molecule has 0 spiro atoms. The summed E-state index contributed by atoms with van der Waals surface area (Å²) in [5.74, 6) is -0.610. The van der Waals surface area contributed by atoms with E-state index in [0.717, 1.165) is 4.90 Å². The molecule has 1 unspecified atom stereocenters. The quantitative estimate of drug-likeness (QED) is 0.540. The number of carbonyl (C=O) groups excluding carboxylic acids is 1. The van der Waals surface area contributed by atoms with E-state index >= 15 is 0 Å². The Morgan fingerprint density at radius 2 is 1.81 bits per heavy atom. The molecule has 1 atom stereocenters. The van der Waals surface area contributed by atoms with Crippen molar-refractivity contribution >= 4 is 27.5 Å². The van der Waals surface area contributed by atoms with Gasteiger partial charge in [0.2, 0.25) is 10.0 Å². The Hall–Kier alpha value is -2.60. The third kappa shape index (κ3) is 5.44. The molecule has 2 rings (SSSR count). The van der Waals surface area contributed by atoms with Crippen molar-refractivity contribution in [3.63, 3.8) is 0 Å². The smallest absolute Gasteiger partial charge is 0.254 e. The molecule has 0 aliphatic carbocycles. The minimum absolute atomic E-state index is 0.0180. The molecule has 2 N–H and O–H groups in total. The van der Waals surface area contributed by atoms with Crippen LogP contribution in [0.25, 0.3) is 0 Å². The number of hydrogen-bond donors (Lipinski definition) is 2. The fraction of sp³-hybridized carbons (Fsp3) is 0.222. The maximum absolute atomic E-state index is 12.7. The second-order valence-electron chi connectivity index (χ2n) is 5.68. The van der Waals surface area contributed by atoms with E-state index in [0.29, 0.717) is 10.6 Å². The van der Waals surface area contributed by atoms with Gasteiger partial charge in [-0.3, -0.25) is 4.79 Å². The number of sulfonamides is 1. The van der Waals surface area contributed by atoms with Crippen LogP contribution in [0.5, 0.6) is 5.75 Å². The van der Waals surface area contributed by atoms with E-state index in [1.807, 2.05) is 0 Å². The second kappa shape index (κ2) is 8.86. The molecular weight excluding hydrogens is 390 g/mol. The van der Waals surface area contributed by atoms with E-state index in [2.05, 4.69) is 4.72 Å². The zero-order valence-electron chi connectivity index (χ0n) is 14.5. The number of benzene rings is 2. The van der Waals surface area contributed by atoms with E-state index in [1.165, 1.54) is 36.4 Å². The van der Waals surface area contributed by atoms with Crippen molar-refractivity contribution in [1.29, 1.82) is 5.26 Å². The molecule has 0 radical (unpaired) electrons. The number of carbonyl (C=O) groups is 1. The Labute approximate surface area is 162 Å². The summed E-state index contributed by atoms with van der Waals surface area (Å²) < 4.78 is 27.7. The predicted molar refractivity (Wildman–Crippen MR) is 100 cm³/mol. The van der Waals surface area contributed by atoms with Crippen LogP contribution < -0.4 is 4.72 Å². The molecule has 2 aromatic rings. The van der Waals surface area contributed by atoms with Crippen LogP contribution in [0, 0.1) is 11.5 Å². The van der Waals surface area contributed by atoms with Crippen molar-refractivity contribution in [2.45, 2.75) is 24.3 Å². The standard InChI is InChI=1S/C18H18ClN3O4S/c1-2-22(12-20)18(24)17(11-13-3-7-15(23)8-4-13)21-27(25,26)16-9-5-14(19)6-10-16/h3-10,17,21,23H,2,11H2,1H3. The lowest BCUT2D eigenvalue weighted by Crippen LogP contribution is -2.48. The molecule has 0 saturated heterocycles. The molecule has 142 valence electrons. The summed E-state index contributed by atoms with van der Waals surface area (Å²) in [6, 6.07) is 10.4. The lowest BCUT2D eigenvalue weighted by atomic mass is 10.1. The minimum Gasteiger partial charge on any atom is -0.508 e. The largest absolute Gasteiger partial charge is 0.508 e. The number of amides is 1. The Morgan fingerprint density at radius 3 is 2.33 bits per heavy atom. The van der Waals surface area contributed by atoms with Crippen molar-refractivity contribution < 1.29 is 18.3 Å². The van der Waals surface area contributed by atoms with Gasteiger partial charge in [0.25, 0.3) is 5.91 Å². The van der Waals surface area contributed by atoms with Crippen molar-refractivity contribution in [3.05, 3.63) is 59.1 Å². The van der Waals surface area contributed by atoms with Gasteiger partial charge in [-0.2, -0.15) is 9.98 Å². The molecular formula is C18H18ClN3O4S. The summed E-state index contributed by atoms with van der Waals surface area (Å²) in [6.07, 6.45) is 1.77. The van der Waals surface area contributed by atoms with Gasteiger partial charge in [-0.25, -0.2) is 13.3 Å². The van der Waals surface area contributed by atoms with Gasteiger partial charge in [0.05, 0.1) is 4.90 Å². The summed E-state index contributed by atoms with van der Waals surface area (Å²) >= 11 is 5.78. The topological polar surface area (TPSA) is 110 Å². The average molecular weight is 408 g/mol. The summed E-state index contributed by atoms with van der Waals surface area (Å²) in [7, 11) is -4.01. The fourth-order valence-electron chi connectivity index (χ4n) is 2.38. The first-order valence-electron chi connectivity index (χ1n) is 8.03. The Bertz CT molecular complexity index is 938. The third-order valence-electron chi connectivity index (χ3n) is 3.80. The number of nitrogens with zero attached hydrogens (tertiary/aromatic N) is 2. The van der Waals surface area contributed by atoms with Crippen LogP contribution in [0.4, 0.5) is 0 Å². The zero-order valence-corrected chi connectivity index (χ0v) is 16.0. The van der Waals surface area contributed by atoms with E-state index in [-0.39, 0.29) is 23.6 Å². The summed E-state index contributed by atoms with van der Waals surface area (Å²) in [6.45, 7) is 1.73. The van der Waals surface area contributed by atoms with Crippen molar-refractivity contribution in [3.8, 4) is 11.9 Å². The van der Waals surface area contributed by atoms with Gasteiger partial charge in [0.15, 0.2) is 6.19 Å². The minimum atomic E-state index is -4.01. The lowest BCUT2D eigenvalue weighted by Gasteiger charge is -2.21. The highest BCUT2D eigenvalue weighted by Crippen LogP contribution is 2.17. The molecule has 0 saturated carbocycles. The molecule has 2 aromatic carbocycles. The van der Waals surface area contributed by atoms with Crippen LogP contribution >= 0.6 is 11.6 Å². The van der Waals surface area contributed by atoms with Crippen molar-refractivity contribution in [2.75, 3.05) is 6.54 Å². The molecule has 0 aliphatic rings. The van der Waals surface area contributed by atoms with Gasteiger partial charge in [0, 0.05) is 11.6 Å². The molecule has 0 heterocycles. The fourth-order valence-corrected chi connectivity index (χ4v) is 3.70. The van der Waals surface area contributed by atoms with Crippen molar-refractivity contribution in [1.82, 2.24) is 9.62 Å². The third-order valence-corrected chi connectivity index (χ3v) is 5.54. The Balaban J connectivity index is 2.33. The number of rotatable bonds is 7. The maximum Gasteiger partial charge on any atom is 0.254 e. The zero-order chi connectivity index (χ0) is 20.0. The highest BCUT2D eigenvalue weighted by molar-refractivity contribution is 7.89. The molecule has 1 amide bonds. The highest BCUT2D eigenvalue weighted by Gasteiger charge is 2.29. The second-order valence-corrected chi connectivity index (χ2v) is 7.83. The predicted octanol–water partition coefficient (Wildman–Crippen LogP) is 2.26. The number of phenols is 1. The number of nitrogens with one attached hydrogen (secondary N) is 1. The number of hydrogen-bond acceptors (Lipinski definition) is 5. The number of likely N-dealkylation sites (N-methyl/N-ethyl adjacent to an activating group) is 1. The first-order chi connectivity index (χ1) is 12.8. The molecule has 0 aliphatic heterocycles. The van der Waals surface area contributed by atoms with E-state index in [9.17, 15) is 18.3 Å². The normalized spacial score (nSPS) is 12.2. The van der Waals surface area contributed by atoms with Crippen LogP contribution in [-0.2, 0) is 21.2 Å².